The fourth-order valence-electron chi connectivity index (χ4n) is 10.1. The maximum atomic E-state index is 14.5. The van der Waals surface area contributed by atoms with Gasteiger partial charge in [0.2, 0.25) is 70.9 Å². The predicted octanol–water partition coefficient (Wildman–Crippen LogP) is 0.434. The maximum Gasteiger partial charge on any atom is 0.248 e. The molecule has 2 heterocycles. The van der Waals surface area contributed by atoms with Crippen LogP contribution < -0.4 is 53.6 Å². The molecule has 0 bridgehead atoms. The summed E-state index contributed by atoms with van der Waals surface area (Å²) in [6.07, 6.45) is 2.16. The van der Waals surface area contributed by atoms with Gasteiger partial charge in [0.15, 0.2) is 0 Å². The third-order valence-electron chi connectivity index (χ3n) is 15.0. The van der Waals surface area contributed by atoms with E-state index in [2.05, 4.69) is 47.9 Å². The second-order valence-corrected chi connectivity index (χ2v) is 25.5. The SMILES string of the molecule is CC[C@H](C)[C@H](NC(=O)[C@H](CC(C)C)NC(=O)[C@H](CC(N)=O)NC(=O)C(C)(C)NC(C)=O)C(=O)NC(C)(C)C(=O)N1CCC[C@@H]1C(=O)N[C@](C)(CC)C(=O)N[C@@H](CC(C)C)C(=O)NC(C)(C)C(=O)N1CCC[C@H]1C(=O)N[C@H](CO)CC(C)C. The van der Waals surface area contributed by atoms with E-state index in [1.807, 2.05) is 27.7 Å². The molecule has 2 rings (SSSR count). The maximum absolute atomic E-state index is 14.5. The third-order valence-corrected chi connectivity index (χ3v) is 15.0. The molecule has 0 saturated carbocycles. The largest absolute Gasteiger partial charge is 0.394 e. The van der Waals surface area contributed by atoms with Crippen LogP contribution in [0, 0.1) is 23.7 Å². The number of nitrogens with zero attached hydrogens (tertiary/aromatic N) is 2. The zero-order chi connectivity index (χ0) is 63.0. The van der Waals surface area contributed by atoms with E-state index in [9.17, 15) is 62.6 Å². The van der Waals surface area contributed by atoms with E-state index in [1.54, 1.807) is 34.6 Å². The van der Waals surface area contributed by atoms with Gasteiger partial charge in [0, 0.05) is 20.0 Å². The van der Waals surface area contributed by atoms with Crippen molar-refractivity contribution in [2.24, 2.45) is 29.4 Å². The minimum atomic E-state index is -1.66. The quantitative estimate of drug-likeness (QED) is 0.0450. The summed E-state index contributed by atoms with van der Waals surface area (Å²) in [4.78, 5) is 167. The van der Waals surface area contributed by atoms with Crippen LogP contribution in [0.3, 0.4) is 0 Å². The van der Waals surface area contributed by atoms with Crippen molar-refractivity contribution in [2.45, 2.75) is 246 Å². The number of aliphatic hydroxyl groups excluding tert-OH is 1. The van der Waals surface area contributed by atoms with Crippen molar-refractivity contribution in [2.75, 3.05) is 19.7 Å². The number of amides is 12. The molecule has 82 heavy (non-hydrogen) atoms. The lowest BCUT2D eigenvalue weighted by molar-refractivity contribution is -0.146. The monoisotopic (exact) mass is 1160 g/mol. The van der Waals surface area contributed by atoms with Gasteiger partial charge in [-0.05, 0) is 124 Å². The third kappa shape index (κ3) is 20.8. The molecule has 0 aromatic heterocycles. The highest BCUT2D eigenvalue weighted by atomic mass is 16.3. The van der Waals surface area contributed by atoms with Crippen LogP contribution in [0.5, 0.6) is 0 Å². The summed E-state index contributed by atoms with van der Waals surface area (Å²) in [5.41, 5.74) is -0.847. The van der Waals surface area contributed by atoms with Gasteiger partial charge in [-0.2, -0.15) is 0 Å². The lowest BCUT2D eigenvalue weighted by Crippen LogP contribution is -2.66. The standard InChI is InChI=1S/C57H100N12O13/c1-18-34(9)43(63-45(74)37(27-32(5)6)60-44(73)39(29-42(58)72)61-50(79)54(11,12)64-35(10)71)49(78)66-56(15,16)53(82)69-25-21-23-41(69)48(77)67-57(17,19-2)51(80)62-38(28-33(7)8)46(75)65-55(13,14)52(81)68-24-20-22-40(68)47(76)59-36(30-70)26-31(3)4/h31-34,36-41,43,70H,18-30H2,1-17H3,(H2,58,72)(H,59,76)(H,60,73)(H,61,79)(H,62,80)(H,63,74)(H,64,71)(H,65,75)(H,66,78)(H,67,77)/t34-,36-,37-,38-,39-,40-,41+,43-,57+/m0/s1. The van der Waals surface area contributed by atoms with E-state index >= 15 is 0 Å². The first-order valence-corrected chi connectivity index (χ1v) is 29.1. The van der Waals surface area contributed by atoms with Crippen molar-refractivity contribution >= 4 is 70.9 Å². The molecule has 0 spiro atoms. The van der Waals surface area contributed by atoms with Crippen molar-refractivity contribution in [3.8, 4) is 0 Å². The highest BCUT2D eigenvalue weighted by Crippen LogP contribution is 2.26. The number of nitrogens with one attached hydrogen (secondary N) is 9. The number of nitrogens with two attached hydrogens (primary N) is 1. The summed E-state index contributed by atoms with van der Waals surface area (Å²) in [6.45, 7) is 28.0. The topological polar surface area (TPSA) is 366 Å². The molecule has 9 atom stereocenters. The zero-order valence-electron chi connectivity index (χ0n) is 51.9. The predicted molar refractivity (Wildman–Crippen MR) is 307 cm³/mol. The smallest absolute Gasteiger partial charge is 0.248 e. The molecular weight excluding hydrogens is 1060 g/mol. The molecular formula is C57H100N12O13. The highest BCUT2D eigenvalue weighted by Gasteiger charge is 2.47. The Balaban J connectivity index is 2.29. The summed E-state index contributed by atoms with van der Waals surface area (Å²) >= 11 is 0. The number of hydrogen-bond donors (Lipinski definition) is 11. The summed E-state index contributed by atoms with van der Waals surface area (Å²) in [7, 11) is 0. The van der Waals surface area contributed by atoms with Gasteiger partial charge in [-0.25, -0.2) is 0 Å². The molecule has 0 aromatic rings. The van der Waals surface area contributed by atoms with Crippen LogP contribution in [0.4, 0.5) is 0 Å². The van der Waals surface area contributed by atoms with E-state index in [-0.39, 0.29) is 69.0 Å². The summed E-state index contributed by atoms with van der Waals surface area (Å²) in [6, 6.07) is -7.59. The minimum absolute atomic E-state index is 0.0620. The Morgan fingerprint density at radius 3 is 1.43 bits per heavy atom. The van der Waals surface area contributed by atoms with Gasteiger partial charge in [0.05, 0.1) is 19.1 Å². The molecule has 2 aliphatic rings. The fraction of sp³-hybridized carbons (Fsp3) is 0.789. The van der Waals surface area contributed by atoms with E-state index in [0.717, 1.165) is 0 Å². The Labute approximate surface area is 485 Å². The number of primary amides is 1. The number of carbonyl (C=O) groups is 12. The number of hydrogen-bond acceptors (Lipinski definition) is 13. The van der Waals surface area contributed by atoms with Crippen molar-refractivity contribution < 1.29 is 62.6 Å². The second-order valence-electron chi connectivity index (χ2n) is 25.5. The molecule has 25 nitrogen and oxygen atoms in total. The number of carbonyl (C=O) groups excluding carboxylic acids is 12. The Morgan fingerprint density at radius 2 is 0.988 bits per heavy atom. The molecule has 12 amide bonds. The molecule has 2 fully saturated rings. The lowest BCUT2D eigenvalue weighted by atomic mass is 9.94. The molecule has 12 N–H and O–H groups in total. The molecule has 25 heteroatoms. The Morgan fingerprint density at radius 1 is 0.537 bits per heavy atom. The van der Waals surface area contributed by atoms with Gasteiger partial charge in [0.1, 0.15) is 58.4 Å². The molecule has 0 aliphatic carbocycles. The van der Waals surface area contributed by atoms with Crippen LogP contribution in [0.25, 0.3) is 0 Å². The van der Waals surface area contributed by atoms with Crippen molar-refractivity contribution in [3.05, 3.63) is 0 Å². The molecule has 2 aliphatic heterocycles. The second kappa shape index (κ2) is 30.8. The van der Waals surface area contributed by atoms with Crippen molar-refractivity contribution in [1.29, 1.82) is 0 Å². The van der Waals surface area contributed by atoms with E-state index in [1.165, 1.54) is 65.2 Å². The van der Waals surface area contributed by atoms with Crippen LogP contribution in [0.15, 0.2) is 0 Å². The van der Waals surface area contributed by atoms with Gasteiger partial charge < -0.3 is 68.5 Å². The Kier molecular flexibility index (Phi) is 26.9. The Bertz CT molecular complexity index is 2320. The van der Waals surface area contributed by atoms with Crippen LogP contribution >= 0.6 is 0 Å². The highest BCUT2D eigenvalue weighted by molar-refractivity contribution is 6.01. The molecule has 0 radical (unpaired) electrons. The zero-order valence-corrected chi connectivity index (χ0v) is 51.9. The molecule has 466 valence electrons. The van der Waals surface area contributed by atoms with Crippen molar-refractivity contribution in [1.82, 2.24) is 57.7 Å². The molecule has 0 aromatic carbocycles. The van der Waals surface area contributed by atoms with Gasteiger partial charge in [-0.15, -0.1) is 0 Å². The van der Waals surface area contributed by atoms with E-state index in [0.29, 0.717) is 32.1 Å². The summed E-state index contributed by atoms with van der Waals surface area (Å²) in [5, 5.41) is 34.2. The molecule has 0 unspecified atom stereocenters. The summed E-state index contributed by atoms with van der Waals surface area (Å²) in [5.74, 6) is -8.83. The number of aliphatic hydroxyl groups is 1. The van der Waals surface area contributed by atoms with Gasteiger partial charge in [-0.3, -0.25) is 57.5 Å². The average molecular weight is 1160 g/mol. The normalized spacial score (nSPS) is 18.6. The molecule has 2 saturated heterocycles. The van der Waals surface area contributed by atoms with E-state index in [4.69, 9.17) is 5.73 Å². The first-order chi connectivity index (χ1) is 37.8. The van der Waals surface area contributed by atoms with Crippen molar-refractivity contribution in [3.63, 3.8) is 0 Å². The summed E-state index contributed by atoms with van der Waals surface area (Å²) < 4.78 is 0. The van der Waals surface area contributed by atoms with Gasteiger partial charge in [-0.1, -0.05) is 68.7 Å². The van der Waals surface area contributed by atoms with Crippen LogP contribution in [0.2, 0.25) is 0 Å². The number of rotatable bonds is 31. The van der Waals surface area contributed by atoms with Crippen LogP contribution in [0.1, 0.15) is 182 Å². The average Bonchev–Trinajstić information content (AvgIpc) is 4.21. The number of likely N-dealkylation sites (tertiary alicyclic amines) is 2. The Hall–Kier alpha value is -6.40. The minimum Gasteiger partial charge on any atom is -0.394 e. The fourth-order valence-corrected chi connectivity index (χ4v) is 10.1. The van der Waals surface area contributed by atoms with Gasteiger partial charge >= 0.3 is 0 Å². The van der Waals surface area contributed by atoms with Crippen LogP contribution in [-0.4, -0.2) is 170 Å². The lowest BCUT2D eigenvalue weighted by Gasteiger charge is -2.37. The van der Waals surface area contributed by atoms with Gasteiger partial charge in [0.25, 0.3) is 0 Å². The van der Waals surface area contributed by atoms with Crippen LogP contribution in [-0.2, 0) is 57.5 Å². The first kappa shape index (κ1) is 71.7. The van der Waals surface area contributed by atoms with E-state index < -0.39 is 142 Å². The first-order valence-electron chi connectivity index (χ1n) is 29.1.